The van der Waals surface area contributed by atoms with Crippen molar-refractivity contribution in [3.8, 4) is 0 Å². The molecule has 0 heterocycles. The van der Waals surface area contributed by atoms with E-state index in [0.29, 0.717) is 23.9 Å². The summed E-state index contributed by atoms with van der Waals surface area (Å²) >= 11 is 5.46. The van der Waals surface area contributed by atoms with Crippen LogP contribution < -0.4 is 0 Å². The first-order chi connectivity index (χ1) is 12.5. The van der Waals surface area contributed by atoms with Crippen molar-refractivity contribution >= 4 is 33.9 Å². The van der Waals surface area contributed by atoms with Gasteiger partial charge in [-0.25, -0.2) is 4.79 Å². The summed E-state index contributed by atoms with van der Waals surface area (Å²) in [7, 11) is -4.82. The summed E-state index contributed by atoms with van der Waals surface area (Å²) in [5, 5.41) is 8.11. The molecule has 0 fully saturated rings. The quantitative estimate of drug-likeness (QED) is 0.500. The zero-order valence-electron chi connectivity index (χ0n) is 15.9. The maximum Gasteiger partial charge on any atom is 0.523 e. The molecule has 0 aliphatic heterocycles. The van der Waals surface area contributed by atoms with E-state index in [2.05, 4.69) is 48.9 Å². The minimum atomic E-state index is -4.82. The van der Waals surface area contributed by atoms with Gasteiger partial charge in [-0.2, -0.15) is 8.42 Å². The van der Waals surface area contributed by atoms with Crippen LogP contribution in [0.1, 0.15) is 46.1 Å². The van der Waals surface area contributed by atoms with Gasteiger partial charge in [-0.05, 0) is 44.5 Å². The van der Waals surface area contributed by atoms with Gasteiger partial charge in [0.15, 0.2) is 0 Å². The highest BCUT2D eigenvalue weighted by Crippen LogP contribution is 2.14. The molecular weight excluding hydrogens is 394 g/mol. The Kier molecular flexibility index (Phi) is 11.6. The lowest BCUT2D eigenvalue weighted by molar-refractivity contribution is 0.141. The number of nitrogens with zero attached hydrogens (tertiary/aromatic N) is 1. The van der Waals surface area contributed by atoms with Crippen LogP contribution in [-0.4, -0.2) is 46.4 Å². The number of benzene rings is 1. The van der Waals surface area contributed by atoms with E-state index < -0.39 is 16.6 Å². The summed E-state index contributed by atoms with van der Waals surface area (Å²) < 4.78 is 35.0. The molecule has 0 aromatic heterocycles. The van der Waals surface area contributed by atoms with Gasteiger partial charge >= 0.3 is 16.6 Å². The number of carbonyl (C=O) groups is 1. The average Bonchev–Trinajstić information content (AvgIpc) is 2.59. The fourth-order valence-electron chi connectivity index (χ4n) is 2.07. The van der Waals surface area contributed by atoms with Crippen LogP contribution in [0.5, 0.6) is 0 Å². The van der Waals surface area contributed by atoms with Crippen molar-refractivity contribution in [2.45, 2.75) is 59.2 Å². The Labute approximate surface area is 166 Å². The number of hydrogen-bond acceptors (Lipinski definition) is 6. The van der Waals surface area contributed by atoms with Crippen LogP contribution in [0.4, 0.5) is 4.79 Å². The molecule has 27 heavy (non-hydrogen) atoms. The summed E-state index contributed by atoms with van der Waals surface area (Å²) in [5.74, 6) is 0. The monoisotopic (exact) mass is 421 g/mol. The summed E-state index contributed by atoms with van der Waals surface area (Å²) in [4.78, 5) is 11.5. The molecule has 154 valence electrons. The van der Waals surface area contributed by atoms with E-state index in [1.54, 1.807) is 0 Å². The van der Waals surface area contributed by atoms with Crippen molar-refractivity contribution in [1.82, 2.24) is 4.90 Å². The average molecular weight is 422 g/mol. The van der Waals surface area contributed by atoms with Crippen molar-refractivity contribution in [2.24, 2.45) is 0 Å². The molecule has 0 saturated carbocycles. The van der Waals surface area contributed by atoms with E-state index in [9.17, 15) is 13.2 Å². The summed E-state index contributed by atoms with van der Waals surface area (Å²) in [6.07, 6.45) is 0.0748. The molecule has 2 N–H and O–H groups in total. The van der Waals surface area contributed by atoms with E-state index in [4.69, 9.17) is 26.6 Å². The normalized spacial score (nSPS) is 12.8. The third-order valence-corrected chi connectivity index (χ3v) is 4.41. The molecule has 2 atom stereocenters. The molecule has 0 bridgehead atoms. The third kappa shape index (κ3) is 11.4. The summed E-state index contributed by atoms with van der Waals surface area (Å²) in [5.41, 5.74) is 1.15. The van der Waals surface area contributed by atoms with Crippen LogP contribution in [0, 0.1) is 0 Å². The Morgan fingerprint density at radius 3 is 1.96 bits per heavy atom. The summed E-state index contributed by atoms with van der Waals surface area (Å²) in [6.45, 7) is 9.30. The number of thiocarbonyl (C=S) groups is 1. The maximum atomic E-state index is 9.39. The predicted octanol–water partition coefficient (Wildman–Crippen LogP) is 3.87. The van der Waals surface area contributed by atoms with Gasteiger partial charge in [-0.1, -0.05) is 44.2 Å². The van der Waals surface area contributed by atoms with Crippen LogP contribution in [0.25, 0.3) is 0 Å². The molecule has 10 heteroatoms. The molecule has 0 saturated heterocycles. The minimum Gasteiger partial charge on any atom is -0.466 e. The van der Waals surface area contributed by atoms with Crippen LogP contribution in [-0.2, 0) is 25.9 Å². The molecule has 1 aromatic carbocycles. The highest BCUT2D eigenvalue weighted by molar-refractivity contribution is 7.81. The predicted molar refractivity (Wildman–Crippen MR) is 106 cm³/mol. The van der Waals surface area contributed by atoms with E-state index in [1.807, 2.05) is 18.2 Å². The van der Waals surface area contributed by atoms with Gasteiger partial charge in [0.05, 0.1) is 0 Å². The fourth-order valence-corrected chi connectivity index (χ4v) is 2.67. The Balaban J connectivity index is 0.000000713. The second kappa shape index (κ2) is 12.5. The highest BCUT2D eigenvalue weighted by atomic mass is 32.3. The second-order valence-electron chi connectivity index (χ2n) is 5.74. The Morgan fingerprint density at radius 1 is 1.15 bits per heavy atom. The van der Waals surface area contributed by atoms with Crippen LogP contribution in [0.3, 0.4) is 0 Å². The SMILES string of the molecule is CCC(C)N(C(=S)OCc1ccccc1)C(C)CC.O=C(O)OS(=O)(=O)O. The van der Waals surface area contributed by atoms with Gasteiger partial charge in [0.1, 0.15) is 6.61 Å². The number of ether oxygens (including phenoxy) is 1. The van der Waals surface area contributed by atoms with Crippen molar-refractivity contribution in [3.05, 3.63) is 35.9 Å². The first-order valence-corrected chi connectivity index (χ1v) is 10.2. The van der Waals surface area contributed by atoms with Crippen molar-refractivity contribution in [1.29, 1.82) is 0 Å². The fraction of sp³-hybridized carbons (Fsp3) is 0.529. The lowest BCUT2D eigenvalue weighted by atomic mass is 10.1. The Bertz CT molecular complexity index is 670. The first kappa shape index (κ1) is 25.1. The van der Waals surface area contributed by atoms with Gasteiger partial charge in [-0.15, -0.1) is 0 Å². The topological polar surface area (TPSA) is 113 Å². The standard InChI is InChI=1S/C16H25NOS.CH2O6S/c1-5-13(3)17(14(4)6-2)16(19)18-12-15-10-8-7-9-11-15;2-1(3)7-8(4,5)6/h7-11,13-14H,5-6,12H2,1-4H3;(H,2,3)(H,4,5,6). The van der Waals surface area contributed by atoms with Gasteiger partial charge in [0.25, 0.3) is 5.17 Å². The molecule has 2 unspecified atom stereocenters. The second-order valence-corrected chi connectivity index (χ2v) is 7.11. The first-order valence-electron chi connectivity index (χ1n) is 8.40. The highest BCUT2D eigenvalue weighted by Gasteiger charge is 2.21. The molecule has 1 rings (SSSR count). The number of hydrogen-bond donors (Lipinski definition) is 2. The molecule has 0 radical (unpaired) electrons. The molecular formula is C17H27NO7S2. The lowest BCUT2D eigenvalue weighted by Crippen LogP contribution is -2.44. The molecule has 0 aliphatic carbocycles. The van der Waals surface area contributed by atoms with Crippen molar-refractivity contribution in [2.75, 3.05) is 0 Å². The van der Waals surface area contributed by atoms with E-state index in [-0.39, 0.29) is 0 Å². The van der Waals surface area contributed by atoms with Crippen molar-refractivity contribution in [3.63, 3.8) is 0 Å². The summed E-state index contributed by atoms with van der Waals surface area (Å²) in [6, 6.07) is 11.0. The molecule has 0 spiro atoms. The zero-order chi connectivity index (χ0) is 21.0. The lowest BCUT2D eigenvalue weighted by Gasteiger charge is -2.35. The van der Waals surface area contributed by atoms with E-state index in [0.717, 1.165) is 18.4 Å². The van der Waals surface area contributed by atoms with Gasteiger partial charge < -0.3 is 14.7 Å². The largest absolute Gasteiger partial charge is 0.523 e. The van der Waals surface area contributed by atoms with Gasteiger partial charge in [0.2, 0.25) is 0 Å². The van der Waals surface area contributed by atoms with E-state index in [1.165, 1.54) is 0 Å². The minimum absolute atomic E-state index is 0.415. The Hall–Kier alpha value is -1.91. The number of rotatable bonds is 7. The Morgan fingerprint density at radius 2 is 1.63 bits per heavy atom. The van der Waals surface area contributed by atoms with Gasteiger partial charge in [0, 0.05) is 12.1 Å². The van der Waals surface area contributed by atoms with Crippen LogP contribution >= 0.6 is 12.2 Å². The molecule has 0 aliphatic rings. The van der Waals surface area contributed by atoms with Crippen LogP contribution in [0.2, 0.25) is 0 Å². The zero-order valence-corrected chi connectivity index (χ0v) is 17.5. The number of carboxylic acid groups (broad SMARTS) is 1. The van der Waals surface area contributed by atoms with Crippen LogP contribution in [0.15, 0.2) is 30.3 Å². The van der Waals surface area contributed by atoms with E-state index >= 15 is 0 Å². The van der Waals surface area contributed by atoms with Gasteiger partial charge in [-0.3, -0.25) is 8.74 Å². The molecule has 8 nitrogen and oxygen atoms in total. The third-order valence-electron chi connectivity index (χ3n) is 3.72. The molecule has 0 amide bonds. The van der Waals surface area contributed by atoms with Crippen molar-refractivity contribution < 1.29 is 31.8 Å². The maximum absolute atomic E-state index is 9.39. The molecule has 1 aromatic rings. The smallest absolute Gasteiger partial charge is 0.466 e.